The van der Waals surface area contributed by atoms with Gasteiger partial charge in [0.15, 0.2) is 0 Å². The Morgan fingerprint density at radius 1 is 1.53 bits per heavy atom. The third kappa shape index (κ3) is 3.22. The average molecular weight is 234 g/mol. The van der Waals surface area contributed by atoms with Gasteiger partial charge in [-0.15, -0.1) is 0 Å². The zero-order chi connectivity index (χ0) is 12.3. The van der Waals surface area contributed by atoms with E-state index < -0.39 is 5.97 Å². The van der Waals surface area contributed by atoms with E-state index in [1.165, 1.54) is 5.56 Å². The van der Waals surface area contributed by atoms with Gasteiger partial charge >= 0.3 is 5.97 Å². The van der Waals surface area contributed by atoms with E-state index in [2.05, 4.69) is 13.0 Å². The monoisotopic (exact) mass is 234 g/mol. The minimum Gasteiger partial charge on any atom is -0.490 e. The molecule has 1 aliphatic rings. The molecule has 0 radical (unpaired) electrons. The molecule has 1 atom stereocenters. The van der Waals surface area contributed by atoms with Gasteiger partial charge in [0, 0.05) is 6.42 Å². The Labute approximate surface area is 101 Å². The van der Waals surface area contributed by atoms with Crippen LogP contribution in [0, 0.1) is 0 Å². The Morgan fingerprint density at radius 3 is 3.12 bits per heavy atom. The van der Waals surface area contributed by atoms with E-state index >= 15 is 0 Å². The second kappa shape index (κ2) is 5.21. The first-order chi connectivity index (χ1) is 8.15. The Kier molecular flexibility index (Phi) is 3.67. The molecule has 0 bridgehead atoms. The minimum atomic E-state index is -0.746. The summed E-state index contributed by atoms with van der Waals surface area (Å²) in [6.07, 6.45) is 4.31. The van der Waals surface area contributed by atoms with Crippen LogP contribution < -0.4 is 4.74 Å². The van der Waals surface area contributed by atoms with Crippen molar-refractivity contribution in [1.82, 2.24) is 0 Å². The highest BCUT2D eigenvalue weighted by atomic mass is 16.5. The number of aliphatic carboxylic acids is 1. The number of rotatable bonds is 3. The normalized spacial score (nSPS) is 19.0. The molecule has 0 aromatic heterocycles. The smallest absolute Gasteiger partial charge is 0.303 e. The van der Waals surface area contributed by atoms with Gasteiger partial charge in [0.1, 0.15) is 5.75 Å². The summed E-state index contributed by atoms with van der Waals surface area (Å²) in [5, 5.41) is 8.67. The van der Waals surface area contributed by atoms with E-state index in [0.29, 0.717) is 6.42 Å². The SMILES string of the molecule is CC1CCCc2cc(CCC(=O)O)ccc2O1. The number of aryl methyl sites for hydroxylation is 2. The van der Waals surface area contributed by atoms with Gasteiger partial charge in [0.2, 0.25) is 0 Å². The fraction of sp³-hybridized carbons (Fsp3) is 0.500. The maximum atomic E-state index is 10.5. The summed E-state index contributed by atoms with van der Waals surface area (Å²) in [5.41, 5.74) is 2.31. The van der Waals surface area contributed by atoms with Crippen LogP contribution in [0.2, 0.25) is 0 Å². The average Bonchev–Trinajstić information content (AvgIpc) is 2.46. The lowest BCUT2D eigenvalue weighted by molar-refractivity contribution is -0.136. The van der Waals surface area contributed by atoms with E-state index in [1.54, 1.807) is 0 Å². The zero-order valence-corrected chi connectivity index (χ0v) is 10.1. The van der Waals surface area contributed by atoms with Gasteiger partial charge in [0.25, 0.3) is 0 Å². The van der Waals surface area contributed by atoms with E-state index in [-0.39, 0.29) is 12.5 Å². The molecule has 0 fully saturated rings. The first-order valence-corrected chi connectivity index (χ1v) is 6.15. The summed E-state index contributed by atoms with van der Waals surface area (Å²) in [4.78, 5) is 10.5. The van der Waals surface area contributed by atoms with Crippen molar-refractivity contribution in [1.29, 1.82) is 0 Å². The molecule has 17 heavy (non-hydrogen) atoms. The second-order valence-corrected chi connectivity index (χ2v) is 4.66. The molecular formula is C14H18O3. The Morgan fingerprint density at radius 2 is 2.35 bits per heavy atom. The molecule has 2 rings (SSSR count). The molecule has 0 aliphatic carbocycles. The predicted octanol–water partition coefficient (Wildman–Crippen LogP) is 2.81. The van der Waals surface area contributed by atoms with Crippen molar-refractivity contribution in [2.24, 2.45) is 0 Å². The quantitative estimate of drug-likeness (QED) is 0.874. The minimum absolute atomic E-state index is 0.191. The number of benzene rings is 1. The van der Waals surface area contributed by atoms with Crippen LogP contribution in [-0.4, -0.2) is 17.2 Å². The maximum absolute atomic E-state index is 10.5. The molecule has 0 saturated carbocycles. The first kappa shape index (κ1) is 12.0. The fourth-order valence-electron chi connectivity index (χ4n) is 2.21. The topological polar surface area (TPSA) is 46.5 Å². The van der Waals surface area contributed by atoms with E-state index in [1.807, 2.05) is 12.1 Å². The molecule has 0 amide bonds. The Hall–Kier alpha value is -1.51. The zero-order valence-electron chi connectivity index (χ0n) is 10.1. The summed E-state index contributed by atoms with van der Waals surface area (Å²) < 4.78 is 5.82. The van der Waals surface area contributed by atoms with Crippen LogP contribution in [0.25, 0.3) is 0 Å². The van der Waals surface area contributed by atoms with Crippen molar-refractivity contribution in [2.75, 3.05) is 0 Å². The van der Waals surface area contributed by atoms with Crippen LogP contribution in [0.5, 0.6) is 5.75 Å². The predicted molar refractivity (Wildman–Crippen MR) is 65.4 cm³/mol. The van der Waals surface area contributed by atoms with Crippen molar-refractivity contribution < 1.29 is 14.6 Å². The largest absolute Gasteiger partial charge is 0.490 e. The highest BCUT2D eigenvalue weighted by Crippen LogP contribution is 2.27. The number of carbonyl (C=O) groups is 1. The second-order valence-electron chi connectivity index (χ2n) is 4.66. The summed E-state index contributed by atoms with van der Waals surface area (Å²) in [5.74, 6) is 0.221. The van der Waals surface area contributed by atoms with Crippen LogP contribution in [0.4, 0.5) is 0 Å². The van der Waals surface area contributed by atoms with Crippen molar-refractivity contribution in [3.63, 3.8) is 0 Å². The molecule has 0 spiro atoms. The van der Waals surface area contributed by atoms with Crippen molar-refractivity contribution in [3.8, 4) is 5.75 Å². The third-order valence-electron chi connectivity index (χ3n) is 3.14. The van der Waals surface area contributed by atoms with Crippen LogP contribution >= 0.6 is 0 Å². The van der Waals surface area contributed by atoms with Gasteiger partial charge in [-0.2, -0.15) is 0 Å². The van der Waals surface area contributed by atoms with Gasteiger partial charge in [0.05, 0.1) is 6.10 Å². The first-order valence-electron chi connectivity index (χ1n) is 6.15. The summed E-state index contributed by atoms with van der Waals surface area (Å²) in [6.45, 7) is 2.09. The summed E-state index contributed by atoms with van der Waals surface area (Å²) >= 11 is 0. The molecule has 3 nitrogen and oxygen atoms in total. The molecular weight excluding hydrogens is 216 g/mol. The molecule has 1 aromatic carbocycles. The standard InChI is InChI=1S/C14H18O3/c1-10-3-2-4-12-9-11(6-8-14(15)16)5-7-13(12)17-10/h5,7,9-10H,2-4,6,8H2,1H3,(H,15,16). The molecule has 1 heterocycles. The van der Waals surface area contributed by atoms with Crippen molar-refractivity contribution >= 4 is 5.97 Å². The van der Waals surface area contributed by atoms with Crippen LogP contribution in [-0.2, 0) is 17.6 Å². The third-order valence-corrected chi connectivity index (χ3v) is 3.14. The van der Waals surface area contributed by atoms with Gasteiger partial charge in [-0.1, -0.05) is 12.1 Å². The molecule has 3 heteroatoms. The molecule has 1 unspecified atom stereocenters. The number of ether oxygens (including phenoxy) is 1. The maximum Gasteiger partial charge on any atom is 0.303 e. The van der Waals surface area contributed by atoms with Crippen molar-refractivity contribution in [2.45, 2.75) is 45.1 Å². The molecule has 1 aromatic rings. The number of hydrogen-bond acceptors (Lipinski definition) is 2. The van der Waals surface area contributed by atoms with E-state index in [0.717, 1.165) is 30.6 Å². The number of fused-ring (bicyclic) bond motifs is 1. The van der Waals surface area contributed by atoms with Gasteiger partial charge in [-0.3, -0.25) is 4.79 Å². The van der Waals surface area contributed by atoms with Gasteiger partial charge < -0.3 is 9.84 Å². The highest BCUT2D eigenvalue weighted by molar-refractivity contribution is 5.67. The van der Waals surface area contributed by atoms with Crippen molar-refractivity contribution in [3.05, 3.63) is 29.3 Å². The summed E-state index contributed by atoms with van der Waals surface area (Å²) in [7, 11) is 0. The van der Waals surface area contributed by atoms with Crippen LogP contribution in [0.1, 0.15) is 37.3 Å². The van der Waals surface area contributed by atoms with Crippen LogP contribution in [0.15, 0.2) is 18.2 Å². The molecule has 0 saturated heterocycles. The van der Waals surface area contributed by atoms with Gasteiger partial charge in [-0.25, -0.2) is 0 Å². The number of hydrogen-bond donors (Lipinski definition) is 1. The number of carboxylic acid groups (broad SMARTS) is 1. The lowest BCUT2D eigenvalue weighted by atomic mass is 10.0. The molecule has 1 N–H and O–H groups in total. The lowest BCUT2D eigenvalue weighted by Gasteiger charge is -2.13. The fourth-order valence-corrected chi connectivity index (χ4v) is 2.21. The van der Waals surface area contributed by atoms with E-state index in [4.69, 9.17) is 9.84 Å². The van der Waals surface area contributed by atoms with Gasteiger partial charge in [-0.05, 0) is 49.8 Å². The highest BCUT2D eigenvalue weighted by Gasteiger charge is 2.14. The molecule has 92 valence electrons. The molecule has 1 aliphatic heterocycles. The summed E-state index contributed by atoms with van der Waals surface area (Å²) in [6, 6.07) is 6.05. The van der Waals surface area contributed by atoms with Crippen LogP contribution in [0.3, 0.4) is 0 Å². The Balaban J connectivity index is 2.13. The number of carboxylic acids is 1. The lowest BCUT2D eigenvalue weighted by Crippen LogP contribution is -2.09. The van der Waals surface area contributed by atoms with E-state index in [9.17, 15) is 4.79 Å². The Bertz CT molecular complexity index is 412.